The molecule has 2 heterocycles. The number of morpholine rings is 1. The van der Waals surface area contributed by atoms with Gasteiger partial charge in [-0.05, 0) is 13.0 Å². The molecule has 1 N–H and O–H groups in total. The van der Waals surface area contributed by atoms with E-state index in [0.717, 1.165) is 0 Å². The number of ether oxygens (including phenoxy) is 1. The SMILES string of the molecule is C[C@@H]1CN(c2cc(C#N)cnc2C(=O)O)CCO1. The number of aromatic nitrogens is 1. The first-order valence-corrected chi connectivity index (χ1v) is 5.62. The lowest BCUT2D eigenvalue weighted by Crippen LogP contribution is -2.42. The highest BCUT2D eigenvalue weighted by atomic mass is 16.5. The first kappa shape index (κ1) is 12.3. The van der Waals surface area contributed by atoms with E-state index in [-0.39, 0.29) is 11.8 Å². The van der Waals surface area contributed by atoms with Gasteiger partial charge < -0.3 is 14.7 Å². The molecule has 0 amide bonds. The van der Waals surface area contributed by atoms with Crippen LogP contribution in [0.2, 0.25) is 0 Å². The Balaban J connectivity index is 2.40. The number of carboxylic acid groups (broad SMARTS) is 1. The van der Waals surface area contributed by atoms with Crippen LogP contribution in [0, 0.1) is 11.3 Å². The van der Waals surface area contributed by atoms with E-state index in [2.05, 4.69) is 4.98 Å². The summed E-state index contributed by atoms with van der Waals surface area (Å²) >= 11 is 0. The maximum Gasteiger partial charge on any atom is 0.356 e. The lowest BCUT2D eigenvalue weighted by molar-refractivity contribution is 0.0527. The standard InChI is InChI=1S/C12H13N3O3/c1-8-7-15(2-3-18-8)10-4-9(5-13)6-14-11(10)12(16)17/h4,6,8H,2-3,7H2,1H3,(H,16,17)/t8-/m1/s1. The number of rotatable bonds is 2. The van der Waals surface area contributed by atoms with Crippen molar-refractivity contribution >= 4 is 11.7 Å². The Bertz CT molecular complexity index is 510. The summed E-state index contributed by atoms with van der Waals surface area (Å²) in [5.41, 5.74) is 0.814. The van der Waals surface area contributed by atoms with Gasteiger partial charge in [0.1, 0.15) is 6.07 Å². The van der Waals surface area contributed by atoms with E-state index in [1.807, 2.05) is 17.9 Å². The molecule has 0 radical (unpaired) electrons. The highest BCUT2D eigenvalue weighted by Crippen LogP contribution is 2.22. The van der Waals surface area contributed by atoms with Crippen LogP contribution in [-0.4, -0.2) is 41.9 Å². The Labute approximate surface area is 104 Å². The number of hydrogen-bond acceptors (Lipinski definition) is 5. The van der Waals surface area contributed by atoms with Gasteiger partial charge in [-0.1, -0.05) is 0 Å². The van der Waals surface area contributed by atoms with Gasteiger partial charge in [-0.25, -0.2) is 9.78 Å². The van der Waals surface area contributed by atoms with Crippen molar-refractivity contribution in [3.8, 4) is 6.07 Å². The molecule has 1 fully saturated rings. The number of nitrogens with zero attached hydrogens (tertiary/aromatic N) is 3. The number of nitriles is 1. The van der Waals surface area contributed by atoms with Crippen molar-refractivity contribution in [3.05, 3.63) is 23.5 Å². The predicted molar refractivity (Wildman–Crippen MR) is 63.5 cm³/mol. The van der Waals surface area contributed by atoms with Gasteiger partial charge in [0.05, 0.1) is 24.0 Å². The summed E-state index contributed by atoms with van der Waals surface area (Å²) in [6, 6.07) is 3.53. The van der Waals surface area contributed by atoms with Crippen LogP contribution in [0.3, 0.4) is 0 Å². The molecule has 0 aliphatic carbocycles. The summed E-state index contributed by atoms with van der Waals surface area (Å²) in [4.78, 5) is 16.9. The monoisotopic (exact) mass is 247 g/mol. The fourth-order valence-electron chi connectivity index (χ4n) is 1.96. The summed E-state index contributed by atoms with van der Waals surface area (Å²) in [6.07, 6.45) is 1.31. The Kier molecular flexibility index (Phi) is 3.44. The van der Waals surface area contributed by atoms with Crippen LogP contribution in [0.5, 0.6) is 0 Å². The maximum atomic E-state index is 11.1. The van der Waals surface area contributed by atoms with Gasteiger partial charge in [-0.15, -0.1) is 0 Å². The van der Waals surface area contributed by atoms with Crippen molar-refractivity contribution in [3.63, 3.8) is 0 Å². The molecule has 1 aromatic heterocycles. The third kappa shape index (κ3) is 2.41. The van der Waals surface area contributed by atoms with Crippen molar-refractivity contribution < 1.29 is 14.6 Å². The number of aromatic carboxylic acids is 1. The largest absolute Gasteiger partial charge is 0.476 e. The molecular formula is C12H13N3O3. The first-order valence-electron chi connectivity index (χ1n) is 5.62. The van der Waals surface area contributed by atoms with Crippen molar-refractivity contribution in [2.45, 2.75) is 13.0 Å². The molecule has 1 aromatic rings. The van der Waals surface area contributed by atoms with Crippen molar-refractivity contribution in [1.29, 1.82) is 5.26 Å². The second kappa shape index (κ2) is 5.02. The van der Waals surface area contributed by atoms with Gasteiger partial charge in [0.15, 0.2) is 5.69 Å². The lowest BCUT2D eigenvalue weighted by atomic mass is 10.2. The number of pyridine rings is 1. The second-order valence-corrected chi connectivity index (χ2v) is 4.14. The van der Waals surface area contributed by atoms with Gasteiger partial charge in [0, 0.05) is 19.3 Å². The van der Waals surface area contributed by atoms with Crippen molar-refractivity contribution in [2.75, 3.05) is 24.6 Å². The van der Waals surface area contributed by atoms with E-state index in [1.54, 1.807) is 6.07 Å². The quantitative estimate of drug-likeness (QED) is 0.834. The minimum absolute atomic E-state index is 0.0249. The molecule has 94 valence electrons. The van der Waals surface area contributed by atoms with E-state index in [0.29, 0.717) is 30.9 Å². The zero-order valence-electron chi connectivity index (χ0n) is 9.96. The second-order valence-electron chi connectivity index (χ2n) is 4.14. The minimum Gasteiger partial charge on any atom is -0.476 e. The van der Waals surface area contributed by atoms with E-state index >= 15 is 0 Å². The molecule has 1 aliphatic heterocycles. The predicted octanol–water partition coefficient (Wildman–Crippen LogP) is 0.877. The fourth-order valence-corrected chi connectivity index (χ4v) is 1.96. The molecule has 6 nitrogen and oxygen atoms in total. The topological polar surface area (TPSA) is 86.5 Å². The summed E-state index contributed by atoms with van der Waals surface area (Å²) in [7, 11) is 0. The van der Waals surface area contributed by atoms with Crippen LogP contribution >= 0.6 is 0 Å². The zero-order chi connectivity index (χ0) is 13.1. The Morgan fingerprint density at radius 3 is 3.11 bits per heavy atom. The van der Waals surface area contributed by atoms with E-state index < -0.39 is 5.97 Å². The number of carboxylic acids is 1. The molecule has 1 atom stereocenters. The highest BCUT2D eigenvalue weighted by Gasteiger charge is 2.23. The highest BCUT2D eigenvalue weighted by molar-refractivity contribution is 5.92. The van der Waals surface area contributed by atoms with Gasteiger partial charge in [0.2, 0.25) is 0 Å². The molecular weight excluding hydrogens is 234 g/mol. The molecule has 0 bridgehead atoms. The lowest BCUT2D eigenvalue weighted by Gasteiger charge is -2.33. The molecule has 1 aliphatic rings. The number of hydrogen-bond donors (Lipinski definition) is 1. The van der Waals surface area contributed by atoms with Gasteiger partial charge in [0.25, 0.3) is 0 Å². The fraction of sp³-hybridized carbons (Fsp3) is 0.417. The zero-order valence-corrected chi connectivity index (χ0v) is 9.96. The average molecular weight is 247 g/mol. The molecule has 0 spiro atoms. The molecule has 0 saturated carbocycles. The van der Waals surface area contributed by atoms with Crippen LogP contribution in [0.4, 0.5) is 5.69 Å². The van der Waals surface area contributed by atoms with E-state index in [9.17, 15) is 4.79 Å². The third-order valence-corrected chi connectivity index (χ3v) is 2.78. The van der Waals surface area contributed by atoms with Crippen LogP contribution in [-0.2, 0) is 4.74 Å². The summed E-state index contributed by atoms with van der Waals surface area (Å²) < 4.78 is 5.41. The molecule has 0 aromatic carbocycles. The molecule has 1 saturated heterocycles. The van der Waals surface area contributed by atoms with Gasteiger partial charge in [-0.3, -0.25) is 0 Å². The van der Waals surface area contributed by atoms with Crippen LogP contribution in [0.15, 0.2) is 12.3 Å². The smallest absolute Gasteiger partial charge is 0.356 e. The average Bonchev–Trinajstić information content (AvgIpc) is 2.38. The number of anilines is 1. The van der Waals surface area contributed by atoms with Crippen LogP contribution in [0.1, 0.15) is 23.0 Å². The van der Waals surface area contributed by atoms with Gasteiger partial charge in [-0.2, -0.15) is 5.26 Å². The van der Waals surface area contributed by atoms with Crippen molar-refractivity contribution in [2.24, 2.45) is 0 Å². The van der Waals surface area contributed by atoms with Crippen LogP contribution in [0.25, 0.3) is 0 Å². The van der Waals surface area contributed by atoms with E-state index in [4.69, 9.17) is 15.1 Å². The first-order chi connectivity index (χ1) is 8.61. The molecule has 6 heteroatoms. The summed E-state index contributed by atoms with van der Waals surface area (Å²) in [6.45, 7) is 3.66. The summed E-state index contributed by atoms with van der Waals surface area (Å²) in [5, 5.41) is 18.0. The number of carbonyl (C=O) groups is 1. The third-order valence-electron chi connectivity index (χ3n) is 2.78. The molecule has 0 unspecified atom stereocenters. The molecule has 2 rings (SSSR count). The minimum atomic E-state index is -1.09. The Hall–Kier alpha value is -2.13. The Morgan fingerprint density at radius 2 is 2.50 bits per heavy atom. The maximum absolute atomic E-state index is 11.1. The van der Waals surface area contributed by atoms with E-state index in [1.165, 1.54) is 6.20 Å². The van der Waals surface area contributed by atoms with Crippen molar-refractivity contribution in [1.82, 2.24) is 4.98 Å². The summed E-state index contributed by atoms with van der Waals surface area (Å²) in [5.74, 6) is -1.09. The normalized spacial score (nSPS) is 19.3. The van der Waals surface area contributed by atoms with Crippen LogP contribution < -0.4 is 4.90 Å². The van der Waals surface area contributed by atoms with Gasteiger partial charge >= 0.3 is 5.97 Å². The molecule has 18 heavy (non-hydrogen) atoms. The Morgan fingerprint density at radius 1 is 1.72 bits per heavy atom.